The van der Waals surface area contributed by atoms with Gasteiger partial charge in [0.1, 0.15) is 5.75 Å². The average molecular weight is 463 g/mol. The molecule has 0 amide bonds. The highest BCUT2D eigenvalue weighted by molar-refractivity contribution is 5.28. The van der Waals surface area contributed by atoms with Crippen LogP contribution in [0.2, 0.25) is 0 Å². The van der Waals surface area contributed by atoms with Crippen molar-refractivity contribution in [1.82, 2.24) is 0 Å². The Morgan fingerprint density at radius 1 is 0.727 bits per heavy atom. The Bertz CT molecular complexity index is 784. The highest BCUT2D eigenvalue weighted by Gasteiger charge is 2.17. The SMILES string of the molecule is CCCCOc1ccc(CCCCc2ccc(CC(CCOC)CCOC)c(F)c2F)cc1. The summed E-state index contributed by atoms with van der Waals surface area (Å²) < 4.78 is 45.5. The summed E-state index contributed by atoms with van der Waals surface area (Å²) in [7, 11) is 3.31. The molecule has 0 N–H and O–H groups in total. The molecule has 2 aromatic carbocycles. The van der Waals surface area contributed by atoms with Crippen LogP contribution in [0, 0.1) is 17.6 Å². The molecule has 0 saturated carbocycles. The number of aryl methyl sites for hydroxylation is 2. The van der Waals surface area contributed by atoms with E-state index in [1.165, 1.54) is 5.56 Å². The van der Waals surface area contributed by atoms with Crippen LogP contribution in [0.4, 0.5) is 8.78 Å². The molecule has 0 fully saturated rings. The third kappa shape index (κ3) is 9.81. The molecule has 5 heteroatoms. The van der Waals surface area contributed by atoms with Crippen LogP contribution < -0.4 is 4.74 Å². The first-order chi connectivity index (χ1) is 16.1. The second kappa shape index (κ2) is 15.8. The Labute approximate surface area is 198 Å². The zero-order valence-electron chi connectivity index (χ0n) is 20.5. The second-order valence-corrected chi connectivity index (χ2v) is 8.70. The lowest BCUT2D eigenvalue weighted by atomic mass is 9.92. The quantitative estimate of drug-likeness (QED) is 0.238. The number of rotatable bonds is 17. The van der Waals surface area contributed by atoms with Gasteiger partial charge in [0.15, 0.2) is 11.6 Å². The van der Waals surface area contributed by atoms with Crippen LogP contribution in [0.3, 0.4) is 0 Å². The van der Waals surface area contributed by atoms with E-state index in [2.05, 4.69) is 19.1 Å². The Balaban J connectivity index is 1.83. The van der Waals surface area contributed by atoms with Gasteiger partial charge in [-0.3, -0.25) is 0 Å². The summed E-state index contributed by atoms with van der Waals surface area (Å²) in [4.78, 5) is 0. The molecule has 0 unspecified atom stereocenters. The molecule has 0 saturated heterocycles. The van der Waals surface area contributed by atoms with Crippen LogP contribution in [0.25, 0.3) is 0 Å². The van der Waals surface area contributed by atoms with E-state index in [0.29, 0.717) is 37.2 Å². The van der Waals surface area contributed by atoms with Gasteiger partial charge in [-0.05, 0) is 86.1 Å². The lowest BCUT2D eigenvalue weighted by molar-refractivity contribution is 0.146. The number of benzene rings is 2. The van der Waals surface area contributed by atoms with Crippen molar-refractivity contribution >= 4 is 0 Å². The lowest BCUT2D eigenvalue weighted by Gasteiger charge is -2.17. The first-order valence-electron chi connectivity index (χ1n) is 12.2. The van der Waals surface area contributed by atoms with Crippen molar-refractivity contribution in [3.8, 4) is 5.75 Å². The predicted molar refractivity (Wildman–Crippen MR) is 130 cm³/mol. The van der Waals surface area contributed by atoms with Crippen molar-refractivity contribution in [2.45, 2.75) is 64.7 Å². The summed E-state index contributed by atoms with van der Waals surface area (Å²) in [5.74, 6) is -0.297. The summed E-state index contributed by atoms with van der Waals surface area (Å²) in [6.45, 7) is 4.10. The number of methoxy groups -OCH3 is 2. The number of unbranched alkanes of at least 4 members (excludes halogenated alkanes) is 2. The molecule has 184 valence electrons. The molecule has 0 heterocycles. The van der Waals surface area contributed by atoms with Gasteiger partial charge in [0.2, 0.25) is 0 Å². The third-order valence-corrected chi connectivity index (χ3v) is 6.06. The standard InChI is InChI=1S/C28H40F2O3/c1-4-5-18-33-26-14-10-22(11-15-26)8-6-7-9-24-12-13-25(28(30)27(24)29)21-23(16-19-31-2)17-20-32-3/h10-15,23H,4-9,16-21H2,1-3H3. The van der Waals surface area contributed by atoms with Gasteiger partial charge in [0.05, 0.1) is 6.61 Å². The number of halogens is 2. The molecular formula is C28H40F2O3. The van der Waals surface area contributed by atoms with Gasteiger partial charge in [0, 0.05) is 27.4 Å². The van der Waals surface area contributed by atoms with Crippen molar-refractivity contribution in [2.24, 2.45) is 5.92 Å². The van der Waals surface area contributed by atoms with E-state index >= 15 is 0 Å². The largest absolute Gasteiger partial charge is 0.494 e. The molecule has 0 bridgehead atoms. The summed E-state index contributed by atoms with van der Waals surface area (Å²) in [5.41, 5.74) is 2.13. The minimum Gasteiger partial charge on any atom is -0.494 e. The maximum atomic E-state index is 14.7. The minimum atomic E-state index is -0.703. The van der Waals surface area contributed by atoms with E-state index in [4.69, 9.17) is 14.2 Å². The Morgan fingerprint density at radius 3 is 1.97 bits per heavy atom. The van der Waals surface area contributed by atoms with Gasteiger partial charge < -0.3 is 14.2 Å². The van der Waals surface area contributed by atoms with Gasteiger partial charge in [-0.15, -0.1) is 0 Å². The summed E-state index contributed by atoms with van der Waals surface area (Å²) in [5, 5.41) is 0. The second-order valence-electron chi connectivity index (χ2n) is 8.70. The van der Waals surface area contributed by atoms with E-state index in [-0.39, 0.29) is 5.92 Å². The molecule has 2 rings (SSSR count). The fraction of sp³-hybridized carbons (Fsp3) is 0.571. The van der Waals surface area contributed by atoms with Gasteiger partial charge in [0.25, 0.3) is 0 Å². The topological polar surface area (TPSA) is 27.7 Å². The predicted octanol–water partition coefficient (Wildman–Crippen LogP) is 6.94. The Hall–Kier alpha value is -1.98. The molecule has 0 aromatic heterocycles. The molecule has 2 aromatic rings. The van der Waals surface area contributed by atoms with Gasteiger partial charge in [-0.2, -0.15) is 0 Å². The van der Waals surface area contributed by atoms with Crippen molar-refractivity contribution in [1.29, 1.82) is 0 Å². The zero-order valence-corrected chi connectivity index (χ0v) is 20.5. The molecular weight excluding hydrogens is 422 g/mol. The third-order valence-electron chi connectivity index (χ3n) is 6.06. The van der Waals surface area contributed by atoms with Crippen LogP contribution in [-0.2, 0) is 28.7 Å². The lowest BCUT2D eigenvalue weighted by Crippen LogP contribution is -2.12. The van der Waals surface area contributed by atoms with Crippen LogP contribution in [0.5, 0.6) is 5.75 Å². The van der Waals surface area contributed by atoms with E-state index < -0.39 is 11.6 Å². The summed E-state index contributed by atoms with van der Waals surface area (Å²) in [6, 6.07) is 11.7. The molecule has 0 atom stereocenters. The number of hydrogen-bond acceptors (Lipinski definition) is 3. The molecule has 0 aliphatic carbocycles. The Kier molecular flexibility index (Phi) is 13.0. The van der Waals surface area contributed by atoms with E-state index in [9.17, 15) is 8.78 Å². The zero-order chi connectivity index (χ0) is 23.9. The molecule has 0 aliphatic heterocycles. The minimum absolute atomic E-state index is 0.202. The smallest absolute Gasteiger partial charge is 0.162 e. The van der Waals surface area contributed by atoms with Gasteiger partial charge in [-0.1, -0.05) is 37.6 Å². The Morgan fingerprint density at radius 2 is 1.33 bits per heavy atom. The monoisotopic (exact) mass is 462 g/mol. The van der Waals surface area contributed by atoms with Crippen molar-refractivity contribution < 1.29 is 23.0 Å². The van der Waals surface area contributed by atoms with Gasteiger partial charge in [-0.25, -0.2) is 8.78 Å². The highest BCUT2D eigenvalue weighted by atomic mass is 19.2. The average Bonchev–Trinajstić information content (AvgIpc) is 2.83. The van der Waals surface area contributed by atoms with Crippen molar-refractivity contribution in [2.75, 3.05) is 34.0 Å². The molecule has 33 heavy (non-hydrogen) atoms. The van der Waals surface area contributed by atoms with Crippen LogP contribution >= 0.6 is 0 Å². The molecule has 0 aliphatic rings. The highest BCUT2D eigenvalue weighted by Crippen LogP contribution is 2.24. The number of hydrogen-bond donors (Lipinski definition) is 0. The maximum absolute atomic E-state index is 14.7. The number of ether oxygens (including phenoxy) is 3. The van der Waals surface area contributed by atoms with Crippen molar-refractivity contribution in [3.63, 3.8) is 0 Å². The first-order valence-corrected chi connectivity index (χ1v) is 12.2. The molecule has 0 radical (unpaired) electrons. The van der Waals surface area contributed by atoms with Crippen LogP contribution in [0.15, 0.2) is 36.4 Å². The fourth-order valence-corrected chi connectivity index (χ4v) is 3.94. The van der Waals surface area contributed by atoms with Crippen LogP contribution in [0.1, 0.15) is 62.1 Å². The first kappa shape index (κ1) is 27.3. The van der Waals surface area contributed by atoms with E-state index in [0.717, 1.165) is 57.3 Å². The fourth-order valence-electron chi connectivity index (χ4n) is 3.94. The maximum Gasteiger partial charge on any atom is 0.162 e. The normalized spacial score (nSPS) is 11.3. The summed E-state index contributed by atoms with van der Waals surface area (Å²) >= 11 is 0. The van der Waals surface area contributed by atoms with E-state index in [1.54, 1.807) is 26.4 Å². The van der Waals surface area contributed by atoms with Crippen molar-refractivity contribution in [3.05, 3.63) is 64.7 Å². The summed E-state index contributed by atoms with van der Waals surface area (Å²) in [6.07, 6.45) is 7.47. The van der Waals surface area contributed by atoms with Crippen LogP contribution in [-0.4, -0.2) is 34.0 Å². The van der Waals surface area contributed by atoms with E-state index in [1.807, 2.05) is 12.1 Å². The molecule has 0 spiro atoms. The van der Waals surface area contributed by atoms with Gasteiger partial charge >= 0.3 is 0 Å². The molecule has 3 nitrogen and oxygen atoms in total.